The van der Waals surface area contributed by atoms with Gasteiger partial charge in [-0.15, -0.1) is 0 Å². The molecule has 0 unspecified atom stereocenters. The molecule has 0 fully saturated rings. The molecule has 0 aliphatic carbocycles. The first-order chi connectivity index (χ1) is 9.17. The Morgan fingerprint density at radius 2 is 1.74 bits per heavy atom. The van der Waals surface area contributed by atoms with Gasteiger partial charge in [-0.2, -0.15) is 0 Å². The Labute approximate surface area is 109 Å². The summed E-state index contributed by atoms with van der Waals surface area (Å²) in [6.07, 6.45) is 0. The molecule has 0 bridgehead atoms. The number of pyridine rings is 1. The normalized spacial score (nSPS) is 10.8. The van der Waals surface area contributed by atoms with Crippen LogP contribution >= 0.6 is 0 Å². The number of aromatic nitrogens is 1. The maximum Gasteiger partial charge on any atom is 0.274 e. The summed E-state index contributed by atoms with van der Waals surface area (Å²) in [5.74, 6) is -0.534. The molecule has 0 aliphatic heterocycles. The monoisotopic (exact) mass is 252 g/mol. The quantitative estimate of drug-likeness (QED) is 0.397. The maximum atomic E-state index is 11.4. The van der Waals surface area contributed by atoms with Crippen molar-refractivity contribution in [1.82, 2.24) is 10.5 Å². The fourth-order valence-electron chi connectivity index (χ4n) is 2.14. The van der Waals surface area contributed by atoms with Gasteiger partial charge < -0.3 is 0 Å². The second-order valence-electron chi connectivity index (χ2n) is 4.53. The Kier molecular flexibility index (Phi) is 2.65. The highest BCUT2D eigenvalue weighted by molar-refractivity contribution is 5.99. The molecule has 2 aromatic carbocycles. The van der Waals surface area contributed by atoms with Gasteiger partial charge in [0.1, 0.15) is 0 Å². The number of aryl methyl sites for hydroxylation is 1. The van der Waals surface area contributed by atoms with E-state index < -0.39 is 5.91 Å². The first-order valence-electron chi connectivity index (χ1n) is 5.93. The molecule has 0 saturated heterocycles. The Balaban J connectivity index is 2.27. The zero-order valence-electron chi connectivity index (χ0n) is 10.3. The van der Waals surface area contributed by atoms with E-state index in [0.29, 0.717) is 5.56 Å². The number of hydrogen-bond acceptors (Lipinski definition) is 3. The second-order valence-corrected chi connectivity index (χ2v) is 4.53. The minimum absolute atomic E-state index is 0.384. The minimum Gasteiger partial charge on any atom is -0.288 e. The first-order valence-corrected chi connectivity index (χ1v) is 5.93. The van der Waals surface area contributed by atoms with Gasteiger partial charge in [-0.05, 0) is 36.8 Å². The summed E-state index contributed by atoms with van der Waals surface area (Å²) in [5, 5.41) is 10.7. The van der Waals surface area contributed by atoms with E-state index in [9.17, 15) is 4.79 Å². The summed E-state index contributed by atoms with van der Waals surface area (Å²) in [6.45, 7) is 2.01. The van der Waals surface area contributed by atoms with Crippen LogP contribution in [0, 0.1) is 6.92 Å². The van der Waals surface area contributed by atoms with Gasteiger partial charge in [0.25, 0.3) is 5.91 Å². The summed E-state index contributed by atoms with van der Waals surface area (Å²) in [4.78, 5) is 15.9. The number of nitrogens with zero attached hydrogens (tertiary/aromatic N) is 1. The van der Waals surface area contributed by atoms with Crippen molar-refractivity contribution in [3.8, 4) is 0 Å². The van der Waals surface area contributed by atoms with Gasteiger partial charge >= 0.3 is 0 Å². The van der Waals surface area contributed by atoms with Crippen molar-refractivity contribution in [3.05, 3.63) is 53.6 Å². The number of fused-ring (bicyclic) bond motifs is 2. The molecule has 1 amide bonds. The number of hydroxylamine groups is 1. The Morgan fingerprint density at radius 3 is 2.47 bits per heavy atom. The predicted molar refractivity (Wildman–Crippen MR) is 73.2 cm³/mol. The largest absolute Gasteiger partial charge is 0.288 e. The fourth-order valence-corrected chi connectivity index (χ4v) is 2.14. The first kappa shape index (κ1) is 11.6. The SMILES string of the molecule is Cc1ccc2cc3ccc(C(=O)NO)cc3nc2c1. The molecule has 4 heteroatoms. The molecule has 94 valence electrons. The molecule has 0 radical (unpaired) electrons. The smallest absolute Gasteiger partial charge is 0.274 e. The summed E-state index contributed by atoms with van der Waals surface area (Å²) in [6, 6.07) is 13.3. The van der Waals surface area contributed by atoms with Crippen molar-refractivity contribution in [2.24, 2.45) is 0 Å². The third kappa shape index (κ3) is 2.02. The lowest BCUT2D eigenvalue weighted by Gasteiger charge is -2.04. The van der Waals surface area contributed by atoms with E-state index in [4.69, 9.17) is 5.21 Å². The predicted octanol–water partition coefficient (Wildman–Crippen LogP) is 2.82. The van der Waals surface area contributed by atoms with E-state index in [1.165, 1.54) is 0 Å². The van der Waals surface area contributed by atoms with E-state index in [1.54, 1.807) is 17.6 Å². The lowest BCUT2D eigenvalue weighted by molar-refractivity contribution is 0.0706. The van der Waals surface area contributed by atoms with E-state index in [2.05, 4.69) is 4.98 Å². The van der Waals surface area contributed by atoms with Crippen molar-refractivity contribution in [2.75, 3.05) is 0 Å². The highest BCUT2D eigenvalue weighted by atomic mass is 16.5. The molecule has 1 aromatic heterocycles. The molecule has 19 heavy (non-hydrogen) atoms. The number of rotatable bonds is 1. The van der Waals surface area contributed by atoms with Crippen molar-refractivity contribution >= 4 is 27.7 Å². The molecule has 4 nitrogen and oxygen atoms in total. The lowest BCUT2D eigenvalue weighted by Crippen LogP contribution is -2.18. The molecule has 0 atom stereocenters. The Morgan fingerprint density at radius 1 is 1.05 bits per heavy atom. The minimum atomic E-state index is -0.534. The number of hydrogen-bond donors (Lipinski definition) is 2. The van der Waals surface area contributed by atoms with Gasteiger partial charge in [-0.25, -0.2) is 10.5 Å². The summed E-state index contributed by atoms with van der Waals surface area (Å²) in [5.41, 5.74) is 4.78. The highest BCUT2D eigenvalue weighted by Crippen LogP contribution is 2.21. The van der Waals surface area contributed by atoms with E-state index in [-0.39, 0.29) is 0 Å². The van der Waals surface area contributed by atoms with E-state index in [1.807, 2.05) is 37.3 Å². The zero-order valence-corrected chi connectivity index (χ0v) is 10.3. The Bertz CT molecular complexity index is 797. The number of carbonyl (C=O) groups excluding carboxylic acids is 1. The molecule has 0 saturated carbocycles. The fraction of sp³-hybridized carbons (Fsp3) is 0.0667. The van der Waals surface area contributed by atoms with Crippen LogP contribution in [0.4, 0.5) is 0 Å². The molecule has 3 rings (SSSR count). The zero-order chi connectivity index (χ0) is 13.4. The van der Waals surface area contributed by atoms with Crippen LogP contribution in [0.15, 0.2) is 42.5 Å². The number of benzene rings is 2. The third-order valence-electron chi connectivity index (χ3n) is 3.13. The van der Waals surface area contributed by atoms with Crippen LogP contribution in [-0.4, -0.2) is 16.1 Å². The number of carbonyl (C=O) groups is 1. The Hall–Kier alpha value is -2.46. The van der Waals surface area contributed by atoms with E-state index in [0.717, 1.165) is 27.4 Å². The average molecular weight is 252 g/mol. The number of nitrogens with one attached hydrogen (secondary N) is 1. The molecular formula is C15H12N2O2. The van der Waals surface area contributed by atoms with Crippen molar-refractivity contribution in [1.29, 1.82) is 0 Å². The van der Waals surface area contributed by atoms with Crippen LogP contribution < -0.4 is 5.48 Å². The van der Waals surface area contributed by atoms with Gasteiger partial charge in [0.05, 0.1) is 11.0 Å². The van der Waals surface area contributed by atoms with Crippen LogP contribution in [0.5, 0.6) is 0 Å². The van der Waals surface area contributed by atoms with Gasteiger partial charge in [0.2, 0.25) is 0 Å². The van der Waals surface area contributed by atoms with Gasteiger partial charge in [-0.3, -0.25) is 10.0 Å². The van der Waals surface area contributed by atoms with Gasteiger partial charge in [0.15, 0.2) is 0 Å². The molecule has 2 N–H and O–H groups in total. The summed E-state index contributed by atoms with van der Waals surface area (Å²) in [7, 11) is 0. The van der Waals surface area contributed by atoms with Crippen molar-refractivity contribution in [3.63, 3.8) is 0 Å². The van der Waals surface area contributed by atoms with Crippen molar-refractivity contribution < 1.29 is 10.0 Å². The second kappa shape index (κ2) is 4.33. The van der Waals surface area contributed by atoms with Crippen LogP contribution in [0.25, 0.3) is 21.8 Å². The van der Waals surface area contributed by atoms with Gasteiger partial charge in [0, 0.05) is 16.3 Å². The lowest BCUT2D eigenvalue weighted by atomic mass is 10.1. The van der Waals surface area contributed by atoms with Crippen LogP contribution in [0.1, 0.15) is 15.9 Å². The summed E-state index contributed by atoms with van der Waals surface area (Å²) < 4.78 is 0. The van der Waals surface area contributed by atoms with Crippen LogP contribution in [-0.2, 0) is 0 Å². The van der Waals surface area contributed by atoms with Crippen LogP contribution in [0.2, 0.25) is 0 Å². The molecule has 0 spiro atoms. The average Bonchev–Trinajstić information content (AvgIpc) is 2.43. The third-order valence-corrected chi connectivity index (χ3v) is 3.13. The molecule has 0 aliphatic rings. The molecular weight excluding hydrogens is 240 g/mol. The maximum absolute atomic E-state index is 11.4. The molecule has 1 heterocycles. The van der Waals surface area contributed by atoms with Gasteiger partial charge in [-0.1, -0.05) is 18.2 Å². The highest BCUT2D eigenvalue weighted by Gasteiger charge is 2.06. The van der Waals surface area contributed by atoms with Crippen molar-refractivity contribution in [2.45, 2.75) is 6.92 Å². The molecule has 3 aromatic rings. The van der Waals surface area contributed by atoms with E-state index >= 15 is 0 Å². The topological polar surface area (TPSA) is 62.2 Å². The number of amides is 1. The summed E-state index contributed by atoms with van der Waals surface area (Å²) >= 11 is 0. The van der Waals surface area contributed by atoms with Crippen LogP contribution in [0.3, 0.4) is 0 Å². The standard InChI is InChI=1S/C15H12N2O2/c1-9-2-3-10-7-11-4-5-12(15(18)17-19)8-14(11)16-13(10)6-9/h2-8,19H,1H3,(H,17,18).